The molecule has 27 heavy (non-hydrogen) atoms. The number of hydrogen-bond donors (Lipinski definition) is 1. The van der Waals surface area contributed by atoms with Gasteiger partial charge in [-0.25, -0.2) is 4.98 Å². The number of nitrogens with zero attached hydrogens (tertiary/aromatic N) is 3. The van der Waals surface area contributed by atoms with Gasteiger partial charge in [0.25, 0.3) is 0 Å². The van der Waals surface area contributed by atoms with E-state index >= 15 is 0 Å². The Bertz CT molecular complexity index is 826. The van der Waals surface area contributed by atoms with Gasteiger partial charge in [0.2, 0.25) is 5.91 Å². The monoisotopic (exact) mass is 367 g/mol. The molecule has 2 aromatic rings. The van der Waals surface area contributed by atoms with Crippen LogP contribution in [-0.4, -0.2) is 44.7 Å². The van der Waals surface area contributed by atoms with Crippen molar-refractivity contribution in [1.29, 1.82) is 0 Å². The van der Waals surface area contributed by atoms with E-state index in [2.05, 4.69) is 20.5 Å². The zero-order valence-electron chi connectivity index (χ0n) is 15.8. The van der Waals surface area contributed by atoms with Crippen LogP contribution in [0.4, 0.5) is 0 Å². The summed E-state index contributed by atoms with van der Waals surface area (Å²) in [5, 5.41) is 10.8. The Kier molecular flexibility index (Phi) is 4.43. The fourth-order valence-electron chi connectivity index (χ4n) is 5.74. The van der Waals surface area contributed by atoms with Crippen LogP contribution in [0.2, 0.25) is 0 Å². The maximum atomic E-state index is 12.8. The second-order valence-corrected chi connectivity index (χ2v) is 8.92. The van der Waals surface area contributed by atoms with Crippen molar-refractivity contribution in [3.8, 4) is 0 Å². The van der Waals surface area contributed by atoms with E-state index in [-0.39, 0.29) is 12.1 Å². The summed E-state index contributed by atoms with van der Waals surface area (Å²) in [6.07, 6.45) is 8.98. The third-order valence-electron chi connectivity index (χ3n) is 7.24. The number of aliphatic hydroxyl groups is 1. The van der Waals surface area contributed by atoms with Crippen molar-refractivity contribution in [2.45, 2.75) is 57.1 Å². The summed E-state index contributed by atoms with van der Waals surface area (Å²) in [7, 11) is 0. The zero-order chi connectivity index (χ0) is 18.4. The van der Waals surface area contributed by atoms with E-state index in [1.807, 2.05) is 24.5 Å². The quantitative estimate of drug-likeness (QED) is 0.905. The van der Waals surface area contributed by atoms with Gasteiger partial charge in [-0.3, -0.25) is 4.79 Å². The predicted molar refractivity (Wildman–Crippen MR) is 104 cm³/mol. The molecule has 1 N–H and O–H groups in total. The van der Waals surface area contributed by atoms with Crippen LogP contribution in [0.1, 0.15) is 51.0 Å². The number of aliphatic hydroxyl groups excluding tert-OH is 1. The van der Waals surface area contributed by atoms with Crippen molar-refractivity contribution in [3.05, 3.63) is 30.6 Å². The van der Waals surface area contributed by atoms with Gasteiger partial charge in [-0.15, -0.1) is 0 Å². The lowest BCUT2D eigenvalue weighted by atomic mass is 9.77. The molecule has 5 heteroatoms. The minimum atomic E-state index is -0.367. The minimum absolute atomic E-state index is 0.0588. The van der Waals surface area contributed by atoms with Crippen LogP contribution in [0.5, 0.6) is 0 Å². The Hall–Kier alpha value is -1.88. The number of amides is 1. The van der Waals surface area contributed by atoms with E-state index in [0.29, 0.717) is 23.7 Å². The van der Waals surface area contributed by atoms with Gasteiger partial charge in [0.05, 0.1) is 29.5 Å². The van der Waals surface area contributed by atoms with Crippen LogP contribution in [0.25, 0.3) is 11.0 Å². The molecule has 0 radical (unpaired) electrons. The molecule has 0 bridgehead atoms. The molecule has 3 aliphatic rings. The molecule has 4 atom stereocenters. The molecule has 1 aromatic heterocycles. The lowest BCUT2D eigenvalue weighted by Crippen LogP contribution is -2.36. The maximum absolute atomic E-state index is 12.8. The fraction of sp³-hybridized carbons (Fsp3) is 0.636. The van der Waals surface area contributed by atoms with Crippen LogP contribution in [-0.2, 0) is 4.79 Å². The van der Waals surface area contributed by atoms with Gasteiger partial charge in [0, 0.05) is 19.5 Å². The second-order valence-electron chi connectivity index (χ2n) is 8.92. The Balaban J connectivity index is 1.29. The highest BCUT2D eigenvalue weighted by Crippen LogP contribution is 2.42. The average Bonchev–Trinajstić information content (AvgIpc) is 3.40. The van der Waals surface area contributed by atoms with Gasteiger partial charge < -0.3 is 14.6 Å². The van der Waals surface area contributed by atoms with Crippen LogP contribution < -0.4 is 0 Å². The first-order valence-corrected chi connectivity index (χ1v) is 10.6. The molecule has 1 aromatic carbocycles. The van der Waals surface area contributed by atoms with Crippen molar-refractivity contribution in [2.75, 3.05) is 13.1 Å². The van der Waals surface area contributed by atoms with Crippen molar-refractivity contribution < 1.29 is 9.90 Å². The Morgan fingerprint density at radius 1 is 1.11 bits per heavy atom. The first kappa shape index (κ1) is 17.2. The standard InChI is InChI=1S/C22H29N3O2/c26-21-11-17-13-24(22(27)9-15-5-1-2-6-15)12-16(17)10-20(21)25-14-23-18-7-3-4-8-19(18)25/h3-4,7-8,14-17,20-21,26H,1-2,5-6,9-13H2/t16-,17+,20-,21-/m1/s1. The summed E-state index contributed by atoms with van der Waals surface area (Å²) in [6, 6.07) is 8.18. The predicted octanol–water partition coefficient (Wildman–Crippen LogP) is 3.39. The van der Waals surface area contributed by atoms with Crippen molar-refractivity contribution >= 4 is 16.9 Å². The third kappa shape index (κ3) is 3.16. The van der Waals surface area contributed by atoms with Crippen molar-refractivity contribution in [1.82, 2.24) is 14.5 Å². The number of likely N-dealkylation sites (tertiary alicyclic amines) is 1. The van der Waals surface area contributed by atoms with Gasteiger partial charge in [0.15, 0.2) is 0 Å². The fourth-order valence-corrected chi connectivity index (χ4v) is 5.74. The van der Waals surface area contributed by atoms with Crippen molar-refractivity contribution in [2.24, 2.45) is 17.8 Å². The van der Waals surface area contributed by atoms with Crippen molar-refractivity contribution in [3.63, 3.8) is 0 Å². The molecule has 2 aliphatic carbocycles. The average molecular weight is 367 g/mol. The van der Waals surface area contributed by atoms with Gasteiger partial charge in [-0.05, 0) is 55.6 Å². The van der Waals surface area contributed by atoms with Gasteiger partial charge in [0.1, 0.15) is 0 Å². The number of carbonyl (C=O) groups excluding carboxylic acids is 1. The molecule has 144 valence electrons. The zero-order valence-corrected chi connectivity index (χ0v) is 15.8. The number of imidazole rings is 1. The largest absolute Gasteiger partial charge is 0.391 e. The topological polar surface area (TPSA) is 58.4 Å². The van der Waals surface area contributed by atoms with Gasteiger partial charge in [-0.2, -0.15) is 0 Å². The summed E-state index contributed by atoms with van der Waals surface area (Å²) >= 11 is 0. The van der Waals surface area contributed by atoms with Crippen LogP contribution >= 0.6 is 0 Å². The maximum Gasteiger partial charge on any atom is 0.222 e. The van der Waals surface area contributed by atoms with E-state index in [0.717, 1.165) is 43.4 Å². The second kappa shape index (κ2) is 6.93. The normalized spacial score (nSPS) is 31.5. The first-order valence-electron chi connectivity index (χ1n) is 10.6. The van der Waals surface area contributed by atoms with Crippen LogP contribution in [0, 0.1) is 17.8 Å². The molecule has 3 fully saturated rings. The molecule has 2 heterocycles. The molecule has 0 spiro atoms. The van der Waals surface area contributed by atoms with E-state index in [1.165, 1.54) is 25.7 Å². The summed E-state index contributed by atoms with van der Waals surface area (Å²) in [5.74, 6) is 1.89. The molecule has 2 saturated carbocycles. The van der Waals surface area contributed by atoms with Crippen LogP contribution in [0.3, 0.4) is 0 Å². The van der Waals surface area contributed by atoms with Gasteiger partial charge in [-0.1, -0.05) is 25.0 Å². The number of carbonyl (C=O) groups is 1. The molecular formula is C22H29N3O2. The lowest BCUT2D eigenvalue weighted by molar-refractivity contribution is -0.131. The Labute approximate surface area is 160 Å². The highest BCUT2D eigenvalue weighted by atomic mass is 16.3. The number of fused-ring (bicyclic) bond motifs is 2. The minimum Gasteiger partial charge on any atom is -0.391 e. The van der Waals surface area contributed by atoms with Gasteiger partial charge >= 0.3 is 0 Å². The van der Waals surface area contributed by atoms with Crippen LogP contribution in [0.15, 0.2) is 30.6 Å². The number of rotatable bonds is 3. The summed E-state index contributed by atoms with van der Waals surface area (Å²) in [6.45, 7) is 1.71. The number of benzene rings is 1. The SMILES string of the molecule is O=C(CC1CCCC1)N1C[C@H]2C[C@@H](n3cnc4ccccc43)[C@H](O)C[C@H]2C1. The smallest absolute Gasteiger partial charge is 0.222 e. The third-order valence-corrected chi connectivity index (χ3v) is 7.24. The lowest BCUT2D eigenvalue weighted by Gasteiger charge is -2.36. The molecule has 5 nitrogen and oxygen atoms in total. The summed E-state index contributed by atoms with van der Waals surface area (Å²) in [5.41, 5.74) is 2.07. The molecule has 1 saturated heterocycles. The number of aromatic nitrogens is 2. The van der Waals surface area contributed by atoms with E-state index in [1.54, 1.807) is 0 Å². The molecule has 0 unspecified atom stereocenters. The molecule has 1 amide bonds. The number of hydrogen-bond acceptors (Lipinski definition) is 3. The first-order chi connectivity index (χ1) is 13.2. The highest BCUT2D eigenvalue weighted by molar-refractivity contribution is 5.77. The van der Waals surface area contributed by atoms with E-state index in [9.17, 15) is 9.90 Å². The number of para-hydroxylation sites is 2. The highest BCUT2D eigenvalue weighted by Gasteiger charge is 2.43. The Morgan fingerprint density at radius 3 is 2.67 bits per heavy atom. The summed E-state index contributed by atoms with van der Waals surface area (Å²) < 4.78 is 2.15. The molecular weight excluding hydrogens is 338 g/mol. The molecule has 1 aliphatic heterocycles. The van der Waals surface area contributed by atoms with E-state index < -0.39 is 0 Å². The Morgan fingerprint density at radius 2 is 1.85 bits per heavy atom. The summed E-state index contributed by atoms with van der Waals surface area (Å²) in [4.78, 5) is 19.4. The van der Waals surface area contributed by atoms with E-state index in [4.69, 9.17) is 0 Å². The molecule has 5 rings (SSSR count).